The number of nitrogens with zero attached hydrogens (tertiary/aromatic N) is 3. The Morgan fingerprint density at radius 2 is 1.83 bits per heavy atom. The van der Waals surface area contributed by atoms with E-state index < -0.39 is 6.10 Å². The van der Waals surface area contributed by atoms with Crippen LogP contribution < -0.4 is 5.32 Å². The van der Waals surface area contributed by atoms with Crippen LogP contribution in [-0.2, 0) is 4.79 Å². The Labute approximate surface area is 170 Å². The lowest BCUT2D eigenvalue weighted by Gasteiger charge is -2.45. The van der Waals surface area contributed by atoms with Gasteiger partial charge in [-0.1, -0.05) is 24.3 Å². The minimum Gasteiger partial charge on any atom is -0.389 e. The molecule has 2 heterocycles. The lowest BCUT2D eigenvalue weighted by molar-refractivity contribution is -0.131. The maximum atomic E-state index is 12.8. The molecule has 7 nitrogen and oxygen atoms in total. The third kappa shape index (κ3) is 4.26. The predicted molar refractivity (Wildman–Crippen MR) is 110 cm³/mol. The summed E-state index contributed by atoms with van der Waals surface area (Å²) in [5, 5.41) is 15.0. The number of pyridine rings is 1. The molecule has 2 amide bonds. The molecule has 2 N–H and O–H groups in total. The van der Waals surface area contributed by atoms with E-state index >= 15 is 0 Å². The molecule has 0 bridgehead atoms. The first-order chi connectivity index (χ1) is 14.0. The van der Waals surface area contributed by atoms with E-state index in [1.807, 2.05) is 35.2 Å². The largest absolute Gasteiger partial charge is 0.389 e. The Morgan fingerprint density at radius 3 is 2.59 bits per heavy atom. The predicted octanol–water partition coefficient (Wildman–Crippen LogP) is 1.41. The van der Waals surface area contributed by atoms with Gasteiger partial charge in [-0.15, -0.1) is 0 Å². The number of para-hydroxylation sites is 1. The van der Waals surface area contributed by atoms with Crippen LogP contribution in [0.3, 0.4) is 0 Å². The monoisotopic (exact) mass is 396 g/mol. The van der Waals surface area contributed by atoms with E-state index in [1.165, 1.54) is 0 Å². The first-order valence-electron chi connectivity index (χ1n) is 10.4. The highest BCUT2D eigenvalue weighted by Crippen LogP contribution is 2.25. The lowest BCUT2D eigenvalue weighted by Crippen LogP contribution is -2.60. The molecule has 1 aliphatic heterocycles. The molecule has 3 atom stereocenters. The molecule has 0 spiro atoms. The molecular weight excluding hydrogens is 368 g/mol. The second kappa shape index (κ2) is 8.47. The van der Waals surface area contributed by atoms with E-state index in [2.05, 4.69) is 15.2 Å². The summed E-state index contributed by atoms with van der Waals surface area (Å²) >= 11 is 0. The van der Waals surface area contributed by atoms with Crippen LogP contribution in [0.1, 0.15) is 36.7 Å². The third-order valence-electron chi connectivity index (χ3n) is 6.20. The van der Waals surface area contributed by atoms with Crippen molar-refractivity contribution in [2.24, 2.45) is 0 Å². The Kier molecular flexibility index (Phi) is 5.78. The number of aliphatic hydroxyl groups is 1. The molecule has 1 saturated heterocycles. The van der Waals surface area contributed by atoms with Crippen molar-refractivity contribution in [1.29, 1.82) is 0 Å². The zero-order chi connectivity index (χ0) is 20.4. The number of aromatic nitrogens is 1. The number of amides is 2. The highest BCUT2D eigenvalue weighted by Gasteiger charge is 2.37. The number of benzene rings is 1. The van der Waals surface area contributed by atoms with Gasteiger partial charge in [0.2, 0.25) is 5.91 Å². The second-order valence-corrected chi connectivity index (χ2v) is 8.00. The molecule has 0 unspecified atom stereocenters. The smallest absolute Gasteiger partial charge is 0.270 e. The highest BCUT2D eigenvalue weighted by atomic mass is 16.3. The summed E-state index contributed by atoms with van der Waals surface area (Å²) in [5.41, 5.74) is 1.15. The van der Waals surface area contributed by atoms with Crippen molar-refractivity contribution in [2.75, 3.05) is 26.2 Å². The van der Waals surface area contributed by atoms with Gasteiger partial charge in [-0.05, 0) is 31.4 Å². The molecule has 1 aromatic carbocycles. The van der Waals surface area contributed by atoms with Gasteiger partial charge in [0.1, 0.15) is 5.69 Å². The number of hydrogen-bond acceptors (Lipinski definition) is 5. The van der Waals surface area contributed by atoms with Gasteiger partial charge in [0.05, 0.1) is 17.7 Å². The Hall–Kier alpha value is -2.51. The number of carbonyl (C=O) groups excluding carboxylic acids is 2. The van der Waals surface area contributed by atoms with Crippen LogP contribution in [0.15, 0.2) is 36.4 Å². The van der Waals surface area contributed by atoms with Crippen molar-refractivity contribution in [3.8, 4) is 0 Å². The second-order valence-electron chi connectivity index (χ2n) is 8.00. The van der Waals surface area contributed by atoms with Gasteiger partial charge in [0, 0.05) is 44.5 Å². The molecule has 154 valence electrons. The fourth-order valence-corrected chi connectivity index (χ4v) is 4.52. The van der Waals surface area contributed by atoms with Crippen molar-refractivity contribution in [1.82, 2.24) is 20.1 Å². The fraction of sp³-hybridized carbons (Fsp3) is 0.500. The van der Waals surface area contributed by atoms with E-state index in [0.717, 1.165) is 43.3 Å². The van der Waals surface area contributed by atoms with Crippen molar-refractivity contribution >= 4 is 22.7 Å². The van der Waals surface area contributed by atoms with Gasteiger partial charge in [-0.2, -0.15) is 0 Å². The van der Waals surface area contributed by atoms with Crippen LogP contribution >= 0.6 is 0 Å². The molecule has 1 saturated carbocycles. The van der Waals surface area contributed by atoms with Gasteiger partial charge < -0.3 is 15.3 Å². The normalized spacial score (nSPS) is 25.7. The molecule has 1 aliphatic carbocycles. The van der Waals surface area contributed by atoms with Crippen molar-refractivity contribution < 1.29 is 14.7 Å². The Morgan fingerprint density at radius 1 is 1.07 bits per heavy atom. The van der Waals surface area contributed by atoms with Crippen molar-refractivity contribution in [2.45, 2.75) is 44.4 Å². The topological polar surface area (TPSA) is 85.8 Å². The van der Waals surface area contributed by atoms with Gasteiger partial charge in [0.15, 0.2) is 0 Å². The van der Waals surface area contributed by atoms with Crippen LogP contribution in [-0.4, -0.2) is 76.1 Å². The number of fused-ring (bicyclic) bond motifs is 1. The van der Waals surface area contributed by atoms with E-state index in [1.54, 1.807) is 13.0 Å². The minimum absolute atomic E-state index is 0.00715. The Balaban J connectivity index is 1.40. The summed E-state index contributed by atoms with van der Waals surface area (Å²) in [5.74, 6) is -0.149. The van der Waals surface area contributed by atoms with Crippen LogP contribution in [0, 0.1) is 0 Å². The quantitative estimate of drug-likeness (QED) is 0.819. The van der Waals surface area contributed by atoms with Crippen molar-refractivity contribution in [3.63, 3.8) is 0 Å². The van der Waals surface area contributed by atoms with E-state index in [0.29, 0.717) is 18.8 Å². The molecule has 2 aromatic rings. The first kappa shape index (κ1) is 19.8. The number of rotatable bonds is 3. The van der Waals surface area contributed by atoms with Crippen molar-refractivity contribution in [3.05, 3.63) is 42.1 Å². The molecule has 29 heavy (non-hydrogen) atoms. The van der Waals surface area contributed by atoms with E-state index in [-0.39, 0.29) is 23.9 Å². The third-order valence-corrected chi connectivity index (χ3v) is 6.20. The van der Waals surface area contributed by atoms with Crippen LogP contribution in [0.25, 0.3) is 10.9 Å². The standard InChI is InChI=1S/C22H28N4O3/c1-15(27)25-11-13-26(14-12-25)20-8-4-7-18(21(20)28)24-22(29)19-10-9-16-5-2-3-6-17(16)23-19/h2-3,5-6,9-10,18,20-21,28H,4,7-8,11-14H2,1H3,(H,24,29)/t18-,20-,21-/m1/s1. The van der Waals surface area contributed by atoms with Gasteiger partial charge in [-0.3, -0.25) is 14.5 Å². The Bertz CT molecular complexity index is 895. The lowest BCUT2D eigenvalue weighted by atomic mass is 9.86. The summed E-state index contributed by atoms with van der Waals surface area (Å²) in [6.45, 7) is 4.49. The molecule has 7 heteroatoms. The maximum Gasteiger partial charge on any atom is 0.270 e. The number of hydrogen-bond donors (Lipinski definition) is 2. The van der Waals surface area contributed by atoms with Crippen LogP contribution in [0.5, 0.6) is 0 Å². The zero-order valence-electron chi connectivity index (χ0n) is 16.8. The summed E-state index contributed by atoms with van der Waals surface area (Å²) in [4.78, 5) is 32.9. The minimum atomic E-state index is -0.628. The first-order valence-corrected chi connectivity index (χ1v) is 10.4. The summed E-state index contributed by atoms with van der Waals surface area (Å²) in [6, 6.07) is 11.0. The fourth-order valence-electron chi connectivity index (χ4n) is 4.52. The average Bonchev–Trinajstić information content (AvgIpc) is 2.75. The summed E-state index contributed by atoms with van der Waals surface area (Å²) in [6.07, 6.45) is 1.98. The molecule has 2 aliphatic rings. The number of aliphatic hydroxyl groups excluding tert-OH is 1. The van der Waals surface area contributed by atoms with E-state index in [4.69, 9.17) is 0 Å². The van der Waals surface area contributed by atoms with Crippen LogP contribution in [0.4, 0.5) is 0 Å². The molecule has 0 radical (unpaired) electrons. The molecule has 2 fully saturated rings. The molecule has 1 aromatic heterocycles. The number of carbonyl (C=O) groups is 2. The van der Waals surface area contributed by atoms with Gasteiger partial charge in [-0.25, -0.2) is 4.98 Å². The van der Waals surface area contributed by atoms with Crippen LogP contribution in [0.2, 0.25) is 0 Å². The average molecular weight is 396 g/mol. The summed E-state index contributed by atoms with van der Waals surface area (Å²) in [7, 11) is 0. The van der Waals surface area contributed by atoms with Gasteiger partial charge in [0.25, 0.3) is 5.91 Å². The number of nitrogens with one attached hydrogen (secondary N) is 1. The zero-order valence-corrected chi connectivity index (χ0v) is 16.8. The molecular formula is C22H28N4O3. The SMILES string of the molecule is CC(=O)N1CCN([C@@H]2CCC[C@@H](NC(=O)c3ccc4ccccc4n3)[C@H]2O)CC1. The number of piperazine rings is 1. The van der Waals surface area contributed by atoms with Gasteiger partial charge >= 0.3 is 0 Å². The molecule has 4 rings (SSSR count). The highest BCUT2D eigenvalue weighted by molar-refractivity contribution is 5.95. The maximum absolute atomic E-state index is 12.8. The van der Waals surface area contributed by atoms with E-state index in [9.17, 15) is 14.7 Å². The summed E-state index contributed by atoms with van der Waals surface area (Å²) < 4.78 is 0.